The average molecular weight is 373 g/mol. The molecule has 0 aliphatic carbocycles. The van der Waals surface area contributed by atoms with E-state index < -0.39 is 5.97 Å². The summed E-state index contributed by atoms with van der Waals surface area (Å²) in [6, 6.07) is 12.9. The molecule has 1 aliphatic rings. The highest BCUT2D eigenvalue weighted by atomic mass is 35.5. The van der Waals surface area contributed by atoms with Crippen molar-refractivity contribution < 1.29 is 19.5 Å². The Morgan fingerprint density at radius 2 is 1.38 bits per heavy atom. The summed E-state index contributed by atoms with van der Waals surface area (Å²) in [7, 11) is 0. The number of nitrogens with zero attached hydrogens (tertiary/aromatic N) is 2. The minimum atomic E-state index is -1.14. The maximum absolute atomic E-state index is 12.7. The minimum absolute atomic E-state index is 0.0186. The van der Waals surface area contributed by atoms with E-state index in [4.69, 9.17) is 11.6 Å². The highest BCUT2D eigenvalue weighted by molar-refractivity contribution is 6.30. The molecule has 0 atom stereocenters. The first-order chi connectivity index (χ1) is 12.5. The molecule has 2 amide bonds. The minimum Gasteiger partial charge on any atom is -0.478 e. The molecule has 7 heteroatoms. The van der Waals surface area contributed by atoms with Crippen LogP contribution in [0.1, 0.15) is 31.1 Å². The molecule has 1 aliphatic heterocycles. The zero-order valence-corrected chi connectivity index (χ0v) is 14.6. The normalized spacial score (nSPS) is 14.2. The molecule has 26 heavy (non-hydrogen) atoms. The summed E-state index contributed by atoms with van der Waals surface area (Å²) in [6.07, 6.45) is 0. The molecule has 1 fully saturated rings. The summed E-state index contributed by atoms with van der Waals surface area (Å²) >= 11 is 5.93. The lowest BCUT2D eigenvalue weighted by Gasteiger charge is -2.35. The van der Waals surface area contributed by atoms with Gasteiger partial charge in [-0.15, -0.1) is 0 Å². The number of carboxylic acids is 1. The van der Waals surface area contributed by atoms with E-state index in [0.717, 1.165) is 0 Å². The average Bonchev–Trinajstić information content (AvgIpc) is 2.67. The number of carboxylic acid groups (broad SMARTS) is 1. The maximum Gasteiger partial charge on any atom is 0.336 e. The quantitative estimate of drug-likeness (QED) is 0.898. The van der Waals surface area contributed by atoms with Gasteiger partial charge in [-0.05, 0) is 30.3 Å². The standard InChI is InChI=1S/C19H17ClN2O4/c20-14-5-3-4-13(12-14)17(23)21-8-10-22(11-9-21)18(24)15-6-1-2-7-16(15)19(25)26/h1-7,12H,8-11H2,(H,25,26). The summed E-state index contributed by atoms with van der Waals surface area (Å²) in [5.41, 5.74) is 0.651. The number of carbonyl (C=O) groups is 3. The summed E-state index contributed by atoms with van der Waals surface area (Å²) in [5, 5.41) is 9.74. The van der Waals surface area contributed by atoms with E-state index in [-0.39, 0.29) is 22.9 Å². The van der Waals surface area contributed by atoms with Gasteiger partial charge in [-0.1, -0.05) is 29.8 Å². The van der Waals surface area contributed by atoms with Crippen molar-refractivity contribution in [1.29, 1.82) is 0 Å². The number of carbonyl (C=O) groups excluding carboxylic acids is 2. The van der Waals surface area contributed by atoms with E-state index in [1.807, 2.05) is 0 Å². The van der Waals surface area contributed by atoms with Crippen molar-refractivity contribution in [2.75, 3.05) is 26.2 Å². The lowest BCUT2D eigenvalue weighted by atomic mass is 10.1. The van der Waals surface area contributed by atoms with Gasteiger partial charge in [0.15, 0.2) is 0 Å². The van der Waals surface area contributed by atoms with Crippen LogP contribution in [0, 0.1) is 0 Å². The third kappa shape index (κ3) is 3.70. The van der Waals surface area contributed by atoms with Crippen molar-refractivity contribution >= 4 is 29.4 Å². The molecule has 3 rings (SSSR count). The van der Waals surface area contributed by atoms with Crippen molar-refractivity contribution in [1.82, 2.24) is 9.80 Å². The summed E-state index contributed by atoms with van der Waals surface area (Å²) in [4.78, 5) is 39.7. The number of hydrogen-bond donors (Lipinski definition) is 1. The van der Waals surface area contributed by atoms with Gasteiger partial charge in [0.05, 0.1) is 11.1 Å². The molecule has 2 aromatic carbocycles. The van der Waals surface area contributed by atoms with Gasteiger partial charge in [0.1, 0.15) is 0 Å². The van der Waals surface area contributed by atoms with Crippen LogP contribution >= 0.6 is 11.6 Å². The highest BCUT2D eigenvalue weighted by Gasteiger charge is 2.27. The predicted molar refractivity (Wildman–Crippen MR) is 96.7 cm³/mol. The second-order valence-electron chi connectivity index (χ2n) is 5.95. The number of rotatable bonds is 3. The van der Waals surface area contributed by atoms with Crippen molar-refractivity contribution in [3.8, 4) is 0 Å². The molecule has 0 saturated carbocycles. The predicted octanol–water partition coefficient (Wildman–Crippen LogP) is 2.64. The van der Waals surface area contributed by atoms with Crippen molar-refractivity contribution in [2.24, 2.45) is 0 Å². The summed E-state index contributed by atoms with van der Waals surface area (Å²) in [6.45, 7) is 1.46. The third-order valence-electron chi connectivity index (χ3n) is 4.31. The second kappa shape index (κ2) is 7.58. The van der Waals surface area contributed by atoms with Gasteiger partial charge in [0.25, 0.3) is 11.8 Å². The number of hydrogen-bond acceptors (Lipinski definition) is 3. The highest BCUT2D eigenvalue weighted by Crippen LogP contribution is 2.17. The maximum atomic E-state index is 12.7. The molecule has 0 radical (unpaired) electrons. The number of amides is 2. The van der Waals surface area contributed by atoms with Crippen LogP contribution in [0.25, 0.3) is 0 Å². The Labute approximate surface area is 155 Å². The molecule has 1 heterocycles. The number of aromatic carboxylic acids is 1. The molecular formula is C19H17ClN2O4. The van der Waals surface area contributed by atoms with E-state index >= 15 is 0 Å². The van der Waals surface area contributed by atoms with Gasteiger partial charge < -0.3 is 14.9 Å². The van der Waals surface area contributed by atoms with Crippen molar-refractivity contribution in [2.45, 2.75) is 0 Å². The lowest BCUT2D eigenvalue weighted by molar-refractivity contribution is 0.0531. The molecule has 6 nitrogen and oxygen atoms in total. The van der Waals surface area contributed by atoms with E-state index in [9.17, 15) is 19.5 Å². The molecule has 0 spiro atoms. The van der Waals surface area contributed by atoms with Gasteiger partial charge in [0, 0.05) is 36.8 Å². The first-order valence-electron chi connectivity index (χ1n) is 8.14. The Kier molecular flexibility index (Phi) is 5.23. The Morgan fingerprint density at radius 3 is 1.96 bits per heavy atom. The van der Waals surface area contributed by atoms with Gasteiger partial charge in [-0.2, -0.15) is 0 Å². The van der Waals surface area contributed by atoms with Gasteiger partial charge in [-0.25, -0.2) is 4.79 Å². The van der Waals surface area contributed by atoms with Crippen LogP contribution in [0.5, 0.6) is 0 Å². The van der Waals surface area contributed by atoms with Crippen LogP contribution in [0.3, 0.4) is 0 Å². The molecule has 0 bridgehead atoms. The SMILES string of the molecule is O=C(O)c1ccccc1C(=O)N1CCN(C(=O)c2cccc(Cl)c2)CC1. The van der Waals surface area contributed by atoms with Gasteiger partial charge >= 0.3 is 5.97 Å². The smallest absolute Gasteiger partial charge is 0.336 e. The zero-order valence-electron chi connectivity index (χ0n) is 13.9. The topological polar surface area (TPSA) is 77.9 Å². The fourth-order valence-electron chi connectivity index (χ4n) is 2.94. The van der Waals surface area contributed by atoms with Crippen LogP contribution in [-0.2, 0) is 0 Å². The zero-order chi connectivity index (χ0) is 18.7. The van der Waals surface area contributed by atoms with E-state index in [2.05, 4.69) is 0 Å². The molecule has 1 N–H and O–H groups in total. The van der Waals surface area contributed by atoms with Crippen LogP contribution in [0.2, 0.25) is 5.02 Å². The first-order valence-corrected chi connectivity index (χ1v) is 8.51. The van der Waals surface area contributed by atoms with E-state index in [1.165, 1.54) is 12.1 Å². The number of piperazine rings is 1. The van der Waals surface area contributed by atoms with Gasteiger partial charge in [0.2, 0.25) is 0 Å². The summed E-state index contributed by atoms with van der Waals surface area (Å²) < 4.78 is 0. The van der Waals surface area contributed by atoms with E-state index in [1.54, 1.807) is 46.2 Å². The number of halogens is 1. The number of benzene rings is 2. The van der Waals surface area contributed by atoms with Crippen LogP contribution in [0.4, 0.5) is 0 Å². The first kappa shape index (κ1) is 17.9. The van der Waals surface area contributed by atoms with Gasteiger partial charge in [-0.3, -0.25) is 9.59 Å². The van der Waals surface area contributed by atoms with Crippen molar-refractivity contribution in [3.63, 3.8) is 0 Å². The van der Waals surface area contributed by atoms with E-state index in [0.29, 0.717) is 36.8 Å². The van der Waals surface area contributed by atoms with Crippen LogP contribution in [-0.4, -0.2) is 58.9 Å². The molecule has 0 unspecified atom stereocenters. The fraction of sp³-hybridized carbons (Fsp3) is 0.211. The molecule has 0 aromatic heterocycles. The fourth-order valence-corrected chi connectivity index (χ4v) is 3.13. The molecular weight excluding hydrogens is 356 g/mol. The Morgan fingerprint density at radius 1 is 0.808 bits per heavy atom. The van der Waals surface area contributed by atoms with Crippen LogP contribution < -0.4 is 0 Å². The molecule has 2 aromatic rings. The molecule has 1 saturated heterocycles. The monoisotopic (exact) mass is 372 g/mol. The Balaban J connectivity index is 1.68. The summed E-state index contributed by atoms with van der Waals surface area (Å²) in [5.74, 6) is -1.60. The third-order valence-corrected chi connectivity index (χ3v) is 4.55. The Bertz CT molecular complexity index is 860. The molecule has 134 valence electrons. The Hall–Kier alpha value is -2.86. The largest absolute Gasteiger partial charge is 0.478 e. The van der Waals surface area contributed by atoms with Crippen LogP contribution in [0.15, 0.2) is 48.5 Å². The van der Waals surface area contributed by atoms with Crippen molar-refractivity contribution in [3.05, 3.63) is 70.2 Å². The second-order valence-corrected chi connectivity index (χ2v) is 6.38. The lowest BCUT2D eigenvalue weighted by Crippen LogP contribution is -2.50.